The number of rotatable bonds is 7. The summed E-state index contributed by atoms with van der Waals surface area (Å²) in [5.41, 5.74) is 6.58. The van der Waals surface area contributed by atoms with Crippen LogP contribution >= 0.6 is 15.9 Å². The number of aliphatic hydroxyl groups excluding tert-OH is 1. The normalized spacial score (nSPS) is 12.2. The van der Waals surface area contributed by atoms with E-state index in [2.05, 4.69) is 26.6 Å². The Bertz CT molecular complexity index is 410. The summed E-state index contributed by atoms with van der Waals surface area (Å²) in [4.78, 5) is 11.0. The molecular weight excluding hydrogens is 298 g/mol. The standard InChI is InChI=1S/C12H18BrN3O2/c1-8(17)7-15-4-5-16-9-2-3-10(12(14)18)11(13)6-9/h2-3,6,8,15-17H,4-5,7H2,1H3,(H2,14,18). The highest BCUT2D eigenvalue weighted by molar-refractivity contribution is 9.10. The highest BCUT2D eigenvalue weighted by atomic mass is 79.9. The van der Waals surface area contributed by atoms with Gasteiger partial charge in [-0.1, -0.05) is 0 Å². The highest BCUT2D eigenvalue weighted by Gasteiger charge is 2.06. The summed E-state index contributed by atoms with van der Waals surface area (Å²) >= 11 is 3.30. The Morgan fingerprint density at radius 1 is 1.50 bits per heavy atom. The van der Waals surface area contributed by atoms with Crippen molar-refractivity contribution in [1.29, 1.82) is 0 Å². The van der Waals surface area contributed by atoms with Crippen LogP contribution in [0.1, 0.15) is 17.3 Å². The molecule has 0 bridgehead atoms. The van der Waals surface area contributed by atoms with Gasteiger partial charge in [-0.2, -0.15) is 0 Å². The van der Waals surface area contributed by atoms with Crippen molar-refractivity contribution >= 4 is 27.5 Å². The Hall–Kier alpha value is -1.11. The first-order valence-corrected chi connectivity index (χ1v) is 6.52. The monoisotopic (exact) mass is 315 g/mol. The van der Waals surface area contributed by atoms with Crippen LogP contribution in [0, 0.1) is 0 Å². The molecule has 0 saturated carbocycles. The average molecular weight is 316 g/mol. The van der Waals surface area contributed by atoms with Crippen LogP contribution in [0.5, 0.6) is 0 Å². The van der Waals surface area contributed by atoms with Crippen molar-refractivity contribution in [2.75, 3.05) is 25.0 Å². The first kappa shape index (κ1) is 14.9. The van der Waals surface area contributed by atoms with Crippen LogP contribution in [-0.4, -0.2) is 36.8 Å². The maximum absolute atomic E-state index is 11.0. The number of hydrogen-bond acceptors (Lipinski definition) is 4. The zero-order valence-electron chi connectivity index (χ0n) is 10.2. The molecule has 6 heteroatoms. The van der Waals surface area contributed by atoms with Crippen LogP contribution in [0.4, 0.5) is 5.69 Å². The minimum absolute atomic E-state index is 0.339. The van der Waals surface area contributed by atoms with Crippen molar-refractivity contribution in [3.63, 3.8) is 0 Å². The van der Waals surface area contributed by atoms with Crippen LogP contribution < -0.4 is 16.4 Å². The van der Waals surface area contributed by atoms with Gasteiger partial charge in [0, 0.05) is 29.8 Å². The zero-order valence-corrected chi connectivity index (χ0v) is 11.8. The lowest BCUT2D eigenvalue weighted by Gasteiger charge is -2.10. The van der Waals surface area contributed by atoms with Crippen molar-refractivity contribution in [2.45, 2.75) is 13.0 Å². The first-order valence-electron chi connectivity index (χ1n) is 5.72. The third kappa shape index (κ3) is 5.03. The van der Waals surface area contributed by atoms with Crippen LogP contribution in [0.3, 0.4) is 0 Å². The summed E-state index contributed by atoms with van der Waals surface area (Å²) in [7, 11) is 0. The van der Waals surface area contributed by atoms with Gasteiger partial charge in [0.2, 0.25) is 5.91 Å². The number of nitrogens with one attached hydrogen (secondary N) is 2. The number of amides is 1. The molecule has 1 unspecified atom stereocenters. The maximum atomic E-state index is 11.0. The van der Waals surface area contributed by atoms with Gasteiger partial charge in [-0.25, -0.2) is 0 Å². The molecule has 0 aliphatic carbocycles. The predicted octanol–water partition coefficient (Wildman–Crippen LogP) is 0.930. The zero-order chi connectivity index (χ0) is 13.5. The number of hydrogen-bond donors (Lipinski definition) is 4. The topological polar surface area (TPSA) is 87.4 Å². The molecule has 18 heavy (non-hydrogen) atoms. The third-order valence-corrected chi connectivity index (χ3v) is 2.96. The molecule has 5 N–H and O–H groups in total. The van der Waals surface area contributed by atoms with Gasteiger partial charge < -0.3 is 21.5 Å². The van der Waals surface area contributed by atoms with E-state index in [1.165, 1.54) is 0 Å². The minimum Gasteiger partial charge on any atom is -0.392 e. The van der Waals surface area contributed by atoms with Gasteiger partial charge in [0.25, 0.3) is 0 Å². The number of anilines is 1. The molecule has 1 atom stereocenters. The van der Waals surface area contributed by atoms with Crippen LogP contribution in [-0.2, 0) is 0 Å². The summed E-state index contributed by atoms with van der Waals surface area (Å²) in [6, 6.07) is 5.30. The van der Waals surface area contributed by atoms with Gasteiger partial charge in [0.05, 0.1) is 11.7 Å². The third-order valence-electron chi connectivity index (χ3n) is 2.31. The number of aliphatic hydroxyl groups is 1. The van der Waals surface area contributed by atoms with Gasteiger partial charge in [0.15, 0.2) is 0 Å². The second-order valence-electron chi connectivity index (χ2n) is 4.04. The van der Waals surface area contributed by atoms with Crippen LogP contribution in [0.15, 0.2) is 22.7 Å². The molecule has 0 radical (unpaired) electrons. The van der Waals surface area contributed by atoms with Gasteiger partial charge in [-0.3, -0.25) is 4.79 Å². The van der Waals surface area contributed by atoms with E-state index in [9.17, 15) is 4.79 Å². The number of carbonyl (C=O) groups excluding carboxylic acids is 1. The molecule has 5 nitrogen and oxygen atoms in total. The smallest absolute Gasteiger partial charge is 0.249 e. The van der Waals surface area contributed by atoms with E-state index in [1.54, 1.807) is 19.1 Å². The Morgan fingerprint density at radius 2 is 2.22 bits per heavy atom. The molecule has 0 saturated heterocycles. The summed E-state index contributed by atoms with van der Waals surface area (Å²) in [6.45, 7) is 3.79. The van der Waals surface area contributed by atoms with Gasteiger partial charge in [0.1, 0.15) is 0 Å². The van der Waals surface area contributed by atoms with E-state index in [0.29, 0.717) is 16.6 Å². The molecule has 0 aromatic heterocycles. The molecule has 1 aromatic rings. The number of nitrogens with two attached hydrogens (primary N) is 1. The second kappa shape index (κ2) is 7.35. The molecule has 1 amide bonds. The number of halogens is 1. The number of benzene rings is 1. The van der Waals surface area contributed by atoms with E-state index >= 15 is 0 Å². The van der Waals surface area contributed by atoms with E-state index in [4.69, 9.17) is 10.8 Å². The molecule has 0 spiro atoms. The Morgan fingerprint density at radius 3 is 2.78 bits per heavy atom. The molecule has 0 aliphatic rings. The fraction of sp³-hybridized carbons (Fsp3) is 0.417. The van der Waals surface area contributed by atoms with E-state index in [1.807, 2.05) is 6.07 Å². The van der Waals surface area contributed by atoms with Crippen molar-refractivity contribution in [1.82, 2.24) is 5.32 Å². The van der Waals surface area contributed by atoms with Crippen molar-refractivity contribution in [3.8, 4) is 0 Å². The minimum atomic E-state index is -0.452. The largest absolute Gasteiger partial charge is 0.392 e. The Kier molecular flexibility index (Phi) is 6.11. The van der Waals surface area contributed by atoms with Crippen LogP contribution in [0.25, 0.3) is 0 Å². The van der Waals surface area contributed by atoms with E-state index in [0.717, 1.165) is 18.8 Å². The maximum Gasteiger partial charge on any atom is 0.249 e. The summed E-state index contributed by atoms with van der Waals surface area (Å²) in [5, 5.41) is 15.4. The molecule has 0 heterocycles. The quantitative estimate of drug-likeness (QED) is 0.564. The Balaban J connectivity index is 2.39. The van der Waals surface area contributed by atoms with E-state index in [-0.39, 0.29) is 6.10 Å². The fourth-order valence-electron chi connectivity index (χ4n) is 1.43. The van der Waals surface area contributed by atoms with Crippen molar-refractivity contribution in [2.24, 2.45) is 5.73 Å². The van der Waals surface area contributed by atoms with Crippen molar-refractivity contribution < 1.29 is 9.90 Å². The highest BCUT2D eigenvalue weighted by Crippen LogP contribution is 2.20. The molecule has 0 aliphatic heterocycles. The molecule has 1 rings (SSSR count). The summed E-state index contributed by atoms with van der Waals surface area (Å²) < 4.78 is 0.678. The lowest BCUT2D eigenvalue weighted by molar-refractivity contribution is 0.0999. The second-order valence-corrected chi connectivity index (χ2v) is 4.89. The molecular formula is C12H18BrN3O2. The van der Waals surface area contributed by atoms with Gasteiger partial charge in [-0.05, 0) is 41.1 Å². The molecule has 100 valence electrons. The SMILES string of the molecule is CC(O)CNCCNc1ccc(C(N)=O)c(Br)c1. The Labute approximate surface area is 115 Å². The lowest BCUT2D eigenvalue weighted by Crippen LogP contribution is -2.28. The number of carbonyl (C=O) groups is 1. The average Bonchev–Trinajstić information content (AvgIpc) is 2.27. The van der Waals surface area contributed by atoms with Gasteiger partial charge in [-0.15, -0.1) is 0 Å². The first-order chi connectivity index (χ1) is 8.50. The fourth-order valence-corrected chi connectivity index (χ4v) is 2.01. The van der Waals surface area contributed by atoms with E-state index < -0.39 is 5.91 Å². The summed E-state index contributed by atoms with van der Waals surface area (Å²) in [5.74, 6) is -0.452. The predicted molar refractivity (Wildman–Crippen MR) is 75.7 cm³/mol. The van der Waals surface area contributed by atoms with Gasteiger partial charge >= 0.3 is 0 Å². The summed E-state index contributed by atoms with van der Waals surface area (Å²) in [6.07, 6.45) is -0.339. The number of primary amides is 1. The van der Waals surface area contributed by atoms with Crippen LogP contribution in [0.2, 0.25) is 0 Å². The van der Waals surface area contributed by atoms with Crippen molar-refractivity contribution in [3.05, 3.63) is 28.2 Å². The molecule has 0 fully saturated rings. The lowest BCUT2D eigenvalue weighted by atomic mass is 10.2. The molecule has 1 aromatic carbocycles.